The number of hydrogen-bond donors (Lipinski definition) is 1. The van der Waals surface area contributed by atoms with Gasteiger partial charge in [-0.1, -0.05) is 29.3 Å². The minimum atomic E-state index is -0.256. The first kappa shape index (κ1) is 18.0. The maximum atomic E-state index is 12.8. The van der Waals surface area contributed by atoms with Crippen LogP contribution >= 0.6 is 34.5 Å². The van der Waals surface area contributed by atoms with Crippen molar-refractivity contribution < 1.29 is 4.79 Å². The fourth-order valence-corrected chi connectivity index (χ4v) is 4.11. The third-order valence-electron chi connectivity index (χ3n) is 4.17. The van der Waals surface area contributed by atoms with Gasteiger partial charge >= 0.3 is 0 Å². The molecule has 3 aromatic heterocycles. The van der Waals surface area contributed by atoms with Crippen molar-refractivity contribution >= 4 is 51.2 Å². The molecule has 0 fully saturated rings. The zero-order valence-electron chi connectivity index (χ0n) is 14.5. The number of carbonyl (C=O) groups excluding carboxylic acids is 1. The molecule has 1 N–H and O–H groups in total. The lowest BCUT2D eigenvalue weighted by Crippen LogP contribution is -2.15. The fourth-order valence-electron chi connectivity index (χ4n) is 2.90. The Labute approximate surface area is 169 Å². The molecule has 3 heterocycles. The van der Waals surface area contributed by atoms with Crippen LogP contribution in [0.15, 0.2) is 41.9 Å². The van der Waals surface area contributed by atoms with E-state index in [0.717, 1.165) is 16.8 Å². The second-order valence-corrected chi connectivity index (χ2v) is 7.75. The van der Waals surface area contributed by atoms with Gasteiger partial charge in [-0.2, -0.15) is 0 Å². The summed E-state index contributed by atoms with van der Waals surface area (Å²) in [5, 5.41) is 6.26. The van der Waals surface area contributed by atoms with E-state index in [1.165, 1.54) is 11.3 Å². The first-order valence-electron chi connectivity index (χ1n) is 8.10. The van der Waals surface area contributed by atoms with Crippen LogP contribution in [0.4, 0.5) is 5.13 Å². The number of nitrogens with zero attached hydrogens (tertiary/aromatic N) is 3. The van der Waals surface area contributed by atoms with E-state index in [-0.39, 0.29) is 5.91 Å². The lowest BCUT2D eigenvalue weighted by Gasteiger charge is -2.04. The van der Waals surface area contributed by atoms with Gasteiger partial charge in [-0.05, 0) is 43.7 Å². The van der Waals surface area contributed by atoms with Crippen LogP contribution < -0.4 is 5.32 Å². The third-order valence-corrected chi connectivity index (χ3v) is 5.47. The Morgan fingerprint density at radius 3 is 2.78 bits per heavy atom. The van der Waals surface area contributed by atoms with E-state index in [0.29, 0.717) is 32.3 Å². The smallest absolute Gasteiger partial charge is 0.276 e. The molecule has 5 nitrogen and oxygen atoms in total. The molecule has 0 saturated carbocycles. The Morgan fingerprint density at radius 2 is 2.00 bits per heavy atom. The zero-order valence-corrected chi connectivity index (χ0v) is 16.8. The average molecular weight is 417 g/mol. The predicted octanol–water partition coefficient (Wildman–Crippen LogP) is 5.63. The number of imidazole rings is 1. The first-order chi connectivity index (χ1) is 12.9. The molecule has 8 heteroatoms. The molecule has 136 valence electrons. The van der Waals surface area contributed by atoms with Crippen LogP contribution in [-0.2, 0) is 0 Å². The molecular weight excluding hydrogens is 403 g/mol. The average Bonchev–Trinajstić information content (AvgIpc) is 3.19. The van der Waals surface area contributed by atoms with Crippen LogP contribution in [0, 0.1) is 13.8 Å². The summed E-state index contributed by atoms with van der Waals surface area (Å²) >= 11 is 13.5. The van der Waals surface area contributed by atoms with E-state index >= 15 is 0 Å². The highest BCUT2D eigenvalue weighted by molar-refractivity contribution is 7.14. The van der Waals surface area contributed by atoms with Gasteiger partial charge in [-0.15, -0.1) is 11.3 Å². The molecule has 0 aliphatic rings. The van der Waals surface area contributed by atoms with Crippen molar-refractivity contribution in [2.75, 3.05) is 5.32 Å². The molecule has 0 atom stereocenters. The quantitative estimate of drug-likeness (QED) is 0.470. The molecule has 0 radical (unpaired) electrons. The summed E-state index contributed by atoms with van der Waals surface area (Å²) in [4.78, 5) is 21.8. The van der Waals surface area contributed by atoms with Gasteiger partial charge in [-0.25, -0.2) is 9.97 Å². The van der Waals surface area contributed by atoms with Gasteiger partial charge in [-0.3, -0.25) is 14.5 Å². The van der Waals surface area contributed by atoms with E-state index in [1.807, 2.05) is 43.6 Å². The highest BCUT2D eigenvalue weighted by Crippen LogP contribution is 2.32. The van der Waals surface area contributed by atoms with Crippen molar-refractivity contribution in [1.29, 1.82) is 0 Å². The second-order valence-electron chi connectivity index (χ2n) is 6.05. The first-order valence-corrected chi connectivity index (χ1v) is 9.74. The van der Waals surface area contributed by atoms with E-state index in [1.54, 1.807) is 16.5 Å². The maximum absolute atomic E-state index is 12.8. The molecule has 0 aliphatic carbocycles. The molecular formula is C19H14Cl2N4OS. The Morgan fingerprint density at radius 1 is 1.19 bits per heavy atom. The van der Waals surface area contributed by atoms with E-state index in [2.05, 4.69) is 15.3 Å². The molecule has 0 unspecified atom stereocenters. The van der Waals surface area contributed by atoms with Crippen molar-refractivity contribution in [1.82, 2.24) is 14.4 Å². The number of benzene rings is 1. The number of anilines is 1. The number of carbonyl (C=O) groups is 1. The number of nitrogens with one attached hydrogen (secondary N) is 1. The van der Waals surface area contributed by atoms with Crippen molar-refractivity contribution in [3.8, 4) is 11.3 Å². The summed E-state index contributed by atoms with van der Waals surface area (Å²) in [5.41, 5.74) is 4.39. The minimum absolute atomic E-state index is 0.256. The topological polar surface area (TPSA) is 59.3 Å². The van der Waals surface area contributed by atoms with Gasteiger partial charge in [0.05, 0.1) is 16.4 Å². The minimum Gasteiger partial charge on any atom is -0.296 e. The van der Waals surface area contributed by atoms with Gasteiger partial charge in [0, 0.05) is 22.2 Å². The highest BCUT2D eigenvalue weighted by atomic mass is 35.5. The zero-order chi connectivity index (χ0) is 19.1. The Bertz CT molecular complexity index is 1180. The predicted molar refractivity (Wildman–Crippen MR) is 110 cm³/mol. The van der Waals surface area contributed by atoms with E-state index in [9.17, 15) is 4.79 Å². The van der Waals surface area contributed by atoms with Crippen LogP contribution in [-0.4, -0.2) is 20.3 Å². The van der Waals surface area contributed by atoms with Gasteiger partial charge in [0.1, 0.15) is 11.3 Å². The summed E-state index contributed by atoms with van der Waals surface area (Å²) in [6.45, 7) is 3.79. The molecule has 4 aromatic rings. The van der Waals surface area contributed by atoms with E-state index in [4.69, 9.17) is 23.2 Å². The molecule has 27 heavy (non-hydrogen) atoms. The monoisotopic (exact) mass is 416 g/mol. The Kier molecular flexibility index (Phi) is 4.63. The van der Waals surface area contributed by atoms with Crippen molar-refractivity contribution in [2.45, 2.75) is 13.8 Å². The van der Waals surface area contributed by atoms with Gasteiger partial charge in [0.2, 0.25) is 0 Å². The normalized spacial score (nSPS) is 11.1. The molecule has 0 spiro atoms. The largest absolute Gasteiger partial charge is 0.296 e. The molecule has 0 saturated heterocycles. The van der Waals surface area contributed by atoms with Crippen LogP contribution in [0.2, 0.25) is 10.0 Å². The fraction of sp³-hybridized carbons (Fsp3) is 0.105. The number of rotatable bonds is 3. The number of halogens is 2. The van der Waals surface area contributed by atoms with Crippen LogP contribution in [0.3, 0.4) is 0 Å². The maximum Gasteiger partial charge on any atom is 0.276 e. The van der Waals surface area contributed by atoms with Gasteiger partial charge in [0.25, 0.3) is 5.91 Å². The number of aryl methyl sites for hydroxylation is 2. The number of aromatic nitrogens is 3. The second kappa shape index (κ2) is 6.96. The molecule has 1 aromatic carbocycles. The molecule has 1 amide bonds. The summed E-state index contributed by atoms with van der Waals surface area (Å²) in [6, 6.07) is 9.09. The Balaban J connectivity index is 1.64. The number of pyridine rings is 1. The number of fused-ring (bicyclic) bond motifs is 1. The highest BCUT2D eigenvalue weighted by Gasteiger charge is 2.19. The van der Waals surface area contributed by atoms with Gasteiger partial charge in [0.15, 0.2) is 5.13 Å². The van der Waals surface area contributed by atoms with Gasteiger partial charge < -0.3 is 0 Å². The van der Waals surface area contributed by atoms with E-state index < -0.39 is 0 Å². The summed E-state index contributed by atoms with van der Waals surface area (Å²) < 4.78 is 1.80. The molecule has 0 bridgehead atoms. The number of thiazole rings is 1. The number of hydrogen-bond acceptors (Lipinski definition) is 4. The lowest BCUT2D eigenvalue weighted by molar-refractivity contribution is 0.102. The number of amides is 1. The van der Waals surface area contributed by atoms with Crippen LogP contribution in [0.25, 0.3) is 16.9 Å². The third kappa shape index (κ3) is 3.32. The Hall–Kier alpha value is -2.41. The van der Waals surface area contributed by atoms with Crippen molar-refractivity contribution in [2.24, 2.45) is 0 Å². The molecule has 0 aliphatic heterocycles. The lowest BCUT2D eigenvalue weighted by atomic mass is 10.2. The molecule has 4 rings (SSSR count). The van der Waals surface area contributed by atoms with Crippen molar-refractivity contribution in [3.63, 3.8) is 0 Å². The summed E-state index contributed by atoms with van der Waals surface area (Å²) in [6.07, 6.45) is 1.83. The summed E-state index contributed by atoms with van der Waals surface area (Å²) in [5.74, 6) is -0.256. The van der Waals surface area contributed by atoms with Crippen LogP contribution in [0.5, 0.6) is 0 Å². The standard InChI is InChI=1S/C19H14Cl2N4OS/c1-10-4-3-7-25-16(11(2)22-17(10)25)18(26)24-19-23-15(9-27-19)13-6-5-12(20)8-14(13)21/h3-9H,1-2H3,(H,23,24,26). The van der Waals surface area contributed by atoms with Crippen molar-refractivity contribution in [3.05, 3.63) is 68.9 Å². The SMILES string of the molecule is Cc1nc2c(C)cccn2c1C(=O)Nc1nc(-c2ccc(Cl)cc2Cl)cs1. The summed E-state index contributed by atoms with van der Waals surface area (Å²) in [7, 11) is 0. The van der Waals surface area contributed by atoms with Crippen LogP contribution in [0.1, 0.15) is 21.7 Å².